The van der Waals surface area contributed by atoms with E-state index in [1.165, 1.54) is 12.1 Å². The first kappa shape index (κ1) is 16.0. The lowest BCUT2D eigenvalue weighted by Crippen LogP contribution is -2.11. The maximum atomic E-state index is 10.2. The van der Waals surface area contributed by atoms with Crippen molar-refractivity contribution in [1.82, 2.24) is 0 Å². The Morgan fingerprint density at radius 3 is 1.77 bits per heavy atom. The number of phenols is 4. The fourth-order valence-electron chi connectivity index (χ4n) is 2.34. The molecule has 0 saturated heterocycles. The second kappa shape index (κ2) is 5.44. The van der Waals surface area contributed by atoms with Gasteiger partial charge in [0.25, 0.3) is 0 Å². The van der Waals surface area contributed by atoms with Crippen LogP contribution in [0.3, 0.4) is 0 Å². The van der Waals surface area contributed by atoms with Crippen molar-refractivity contribution >= 4 is 0 Å². The number of aromatic hydroxyl groups is 4. The van der Waals surface area contributed by atoms with E-state index in [0.29, 0.717) is 17.5 Å². The van der Waals surface area contributed by atoms with E-state index in [9.17, 15) is 20.4 Å². The highest BCUT2D eigenvalue weighted by atomic mass is 16.3. The monoisotopic (exact) mass is 302 g/mol. The Bertz CT molecular complexity index is 712. The second-order valence-corrected chi connectivity index (χ2v) is 6.51. The van der Waals surface area contributed by atoms with Crippen molar-refractivity contribution in [2.24, 2.45) is 0 Å². The first-order valence-electron chi connectivity index (χ1n) is 7.26. The third-order valence-electron chi connectivity index (χ3n) is 3.80. The molecule has 0 aliphatic rings. The summed E-state index contributed by atoms with van der Waals surface area (Å²) in [5.74, 6) is -1.11. The molecule has 4 heteroatoms. The Morgan fingerprint density at radius 1 is 0.773 bits per heavy atom. The molecule has 0 amide bonds. The predicted octanol–water partition coefficient (Wildman–Crippen LogP) is 4.04. The van der Waals surface area contributed by atoms with Crippen LogP contribution in [0.25, 0.3) is 11.1 Å². The van der Waals surface area contributed by atoms with Gasteiger partial charge in [-0.25, -0.2) is 0 Å². The number of hydrogen-bond donors (Lipinski definition) is 4. The Morgan fingerprint density at radius 2 is 1.27 bits per heavy atom. The summed E-state index contributed by atoms with van der Waals surface area (Å²) >= 11 is 0. The highest BCUT2D eigenvalue weighted by Gasteiger charge is 2.21. The molecule has 0 unspecified atom stereocenters. The molecule has 4 nitrogen and oxygen atoms in total. The summed E-state index contributed by atoms with van der Waals surface area (Å²) in [5.41, 5.74) is 2.01. The maximum Gasteiger partial charge on any atom is 0.165 e. The largest absolute Gasteiger partial charge is 0.504 e. The smallest absolute Gasteiger partial charge is 0.165 e. The molecule has 0 fully saturated rings. The van der Waals surface area contributed by atoms with Crippen molar-refractivity contribution in [1.29, 1.82) is 0 Å². The molecule has 0 bridgehead atoms. The van der Waals surface area contributed by atoms with Gasteiger partial charge in [-0.15, -0.1) is 0 Å². The number of benzene rings is 2. The van der Waals surface area contributed by atoms with E-state index < -0.39 is 0 Å². The van der Waals surface area contributed by atoms with E-state index in [2.05, 4.69) is 0 Å². The Labute approximate surface area is 130 Å². The van der Waals surface area contributed by atoms with Crippen LogP contribution in [0.2, 0.25) is 0 Å². The van der Waals surface area contributed by atoms with Gasteiger partial charge in [-0.3, -0.25) is 0 Å². The average Bonchev–Trinajstić information content (AvgIpc) is 2.43. The van der Waals surface area contributed by atoms with Gasteiger partial charge in [0, 0.05) is 11.1 Å². The Hall–Kier alpha value is -2.36. The van der Waals surface area contributed by atoms with Crippen molar-refractivity contribution < 1.29 is 20.4 Å². The number of aryl methyl sites for hydroxylation is 1. The molecule has 22 heavy (non-hydrogen) atoms. The number of rotatable bonds is 2. The summed E-state index contributed by atoms with van der Waals surface area (Å²) in [6, 6.07) is 6.43. The van der Waals surface area contributed by atoms with Crippen molar-refractivity contribution in [2.45, 2.75) is 39.5 Å². The third kappa shape index (κ3) is 2.82. The molecule has 0 atom stereocenters. The first-order valence-corrected chi connectivity index (χ1v) is 7.26. The summed E-state index contributed by atoms with van der Waals surface area (Å²) in [4.78, 5) is 0. The molecular weight excluding hydrogens is 280 g/mol. The van der Waals surface area contributed by atoms with Gasteiger partial charge in [-0.05, 0) is 47.2 Å². The van der Waals surface area contributed by atoms with Crippen molar-refractivity contribution in [3.63, 3.8) is 0 Å². The van der Waals surface area contributed by atoms with E-state index in [1.807, 2.05) is 27.7 Å². The van der Waals surface area contributed by atoms with E-state index in [-0.39, 0.29) is 28.4 Å². The normalized spacial score (nSPS) is 11.6. The van der Waals surface area contributed by atoms with E-state index in [4.69, 9.17) is 0 Å². The lowest BCUT2D eigenvalue weighted by molar-refractivity contribution is 0.398. The van der Waals surface area contributed by atoms with Crippen LogP contribution < -0.4 is 0 Å². The van der Waals surface area contributed by atoms with Crippen LogP contribution in [0.4, 0.5) is 0 Å². The molecule has 118 valence electrons. The molecule has 0 saturated carbocycles. The maximum absolute atomic E-state index is 10.2. The highest BCUT2D eigenvalue weighted by molar-refractivity contribution is 5.81. The van der Waals surface area contributed by atoms with Crippen LogP contribution in [0.1, 0.15) is 38.8 Å². The van der Waals surface area contributed by atoms with Crippen LogP contribution in [0.15, 0.2) is 24.3 Å². The van der Waals surface area contributed by atoms with E-state index in [1.54, 1.807) is 12.1 Å². The van der Waals surface area contributed by atoms with Crippen LogP contribution in [-0.4, -0.2) is 20.4 Å². The van der Waals surface area contributed by atoms with Crippen molar-refractivity contribution in [3.05, 3.63) is 35.4 Å². The minimum absolute atomic E-state index is 0.236. The number of hydrogen-bond acceptors (Lipinski definition) is 4. The van der Waals surface area contributed by atoms with Crippen molar-refractivity contribution in [3.8, 4) is 34.1 Å². The van der Waals surface area contributed by atoms with Crippen LogP contribution in [-0.2, 0) is 11.8 Å². The van der Waals surface area contributed by atoms with E-state index in [0.717, 1.165) is 11.1 Å². The van der Waals surface area contributed by atoms with E-state index >= 15 is 0 Å². The number of phenolic OH excluding ortho intramolecular Hbond substituents is 4. The van der Waals surface area contributed by atoms with Gasteiger partial charge in [0.1, 0.15) is 0 Å². The second-order valence-electron chi connectivity index (χ2n) is 6.51. The molecule has 2 rings (SSSR count). The van der Waals surface area contributed by atoms with Crippen LogP contribution in [0, 0.1) is 0 Å². The fourth-order valence-corrected chi connectivity index (χ4v) is 2.34. The minimum Gasteiger partial charge on any atom is -0.504 e. The molecule has 0 aliphatic carbocycles. The molecule has 0 aromatic heterocycles. The van der Waals surface area contributed by atoms with Gasteiger partial charge in [0.15, 0.2) is 23.0 Å². The molecule has 2 aromatic rings. The summed E-state index contributed by atoms with van der Waals surface area (Å²) in [6.07, 6.45) is 0.673. The third-order valence-corrected chi connectivity index (χ3v) is 3.80. The van der Waals surface area contributed by atoms with Crippen LogP contribution in [0.5, 0.6) is 23.0 Å². The van der Waals surface area contributed by atoms with Gasteiger partial charge in [-0.1, -0.05) is 27.7 Å². The SMILES string of the molecule is CCc1cc(O)c(O)c(-c2cc(C(C)(C)C)cc(O)c2O)c1. The zero-order chi connectivity index (χ0) is 16.7. The molecule has 0 aliphatic heterocycles. The Balaban J connectivity index is 2.77. The highest BCUT2D eigenvalue weighted by Crippen LogP contribution is 2.46. The Kier molecular flexibility index (Phi) is 3.96. The topological polar surface area (TPSA) is 80.9 Å². The summed E-state index contributed by atoms with van der Waals surface area (Å²) in [7, 11) is 0. The zero-order valence-corrected chi connectivity index (χ0v) is 13.3. The van der Waals surface area contributed by atoms with Crippen molar-refractivity contribution in [2.75, 3.05) is 0 Å². The summed E-state index contributed by atoms with van der Waals surface area (Å²) < 4.78 is 0. The molecule has 4 N–H and O–H groups in total. The standard InChI is InChI=1S/C18H22O4/c1-5-10-6-12(16(21)14(19)7-10)13-8-11(18(2,3)4)9-15(20)17(13)22/h6-9,19-22H,5H2,1-4H3. The van der Waals surface area contributed by atoms with Gasteiger partial charge in [-0.2, -0.15) is 0 Å². The summed E-state index contributed by atoms with van der Waals surface area (Å²) in [5, 5.41) is 40.2. The summed E-state index contributed by atoms with van der Waals surface area (Å²) in [6.45, 7) is 7.89. The predicted molar refractivity (Wildman–Crippen MR) is 86.6 cm³/mol. The molecular formula is C18H22O4. The average molecular weight is 302 g/mol. The van der Waals surface area contributed by atoms with Crippen LogP contribution >= 0.6 is 0 Å². The quantitative estimate of drug-likeness (QED) is 0.631. The minimum atomic E-state index is -0.309. The molecule has 0 spiro atoms. The molecule has 0 radical (unpaired) electrons. The van der Waals surface area contributed by atoms with Gasteiger partial charge >= 0.3 is 0 Å². The lowest BCUT2D eigenvalue weighted by atomic mass is 9.84. The fraction of sp³-hybridized carbons (Fsp3) is 0.333. The zero-order valence-electron chi connectivity index (χ0n) is 13.3. The lowest BCUT2D eigenvalue weighted by Gasteiger charge is -2.21. The molecule has 0 heterocycles. The van der Waals surface area contributed by atoms with Gasteiger partial charge in [0.05, 0.1) is 0 Å². The molecule has 2 aromatic carbocycles. The van der Waals surface area contributed by atoms with Gasteiger partial charge in [0.2, 0.25) is 0 Å². The first-order chi connectivity index (χ1) is 10.1. The van der Waals surface area contributed by atoms with Gasteiger partial charge < -0.3 is 20.4 Å².